The molecule has 0 bridgehead atoms. The van der Waals surface area contributed by atoms with Gasteiger partial charge in [0.25, 0.3) is 5.91 Å². The molecular weight excluding hydrogens is 430 g/mol. The molecule has 0 aliphatic heterocycles. The summed E-state index contributed by atoms with van der Waals surface area (Å²) in [5.74, 6) is 0.0488. The fraction of sp³-hybridized carbons (Fsp3) is 0.174. The molecule has 0 fully saturated rings. The number of nitrogens with two attached hydrogens (primary N) is 1. The lowest BCUT2D eigenvalue weighted by Gasteiger charge is -2.14. The van der Waals surface area contributed by atoms with Crippen LogP contribution in [0.25, 0.3) is 0 Å². The van der Waals surface area contributed by atoms with Gasteiger partial charge in [-0.05, 0) is 35.2 Å². The predicted molar refractivity (Wildman–Crippen MR) is 123 cm³/mol. The van der Waals surface area contributed by atoms with Crippen molar-refractivity contribution in [3.63, 3.8) is 0 Å². The zero-order valence-electron chi connectivity index (χ0n) is 17.9. The number of esters is 1. The Balaban J connectivity index is 1.81. The SMILES string of the molecule is COc1cc(C(=O)NCc2ccccc2N=C(N)c2cccs2)cc(OC)c1OC(C)=O. The zero-order valence-corrected chi connectivity index (χ0v) is 18.7. The number of thiophene rings is 1. The van der Waals surface area contributed by atoms with Gasteiger partial charge in [-0.1, -0.05) is 24.3 Å². The van der Waals surface area contributed by atoms with Crippen LogP contribution in [0.2, 0.25) is 0 Å². The number of hydrogen-bond acceptors (Lipinski definition) is 7. The number of methoxy groups -OCH3 is 2. The number of para-hydroxylation sites is 1. The molecule has 3 N–H and O–H groups in total. The molecule has 0 unspecified atom stereocenters. The monoisotopic (exact) mass is 453 g/mol. The second kappa shape index (κ2) is 10.5. The van der Waals surface area contributed by atoms with Crippen molar-refractivity contribution < 1.29 is 23.8 Å². The predicted octanol–water partition coefficient (Wildman–Crippen LogP) is 3.66. The minimum Gasteiger partial charge on any atom is -0.493 e. The molecule has 3 aromatic rings. The van der Waals surface area contributed by atoms with Gasteiger partial charge in [0.05, 0.1) is 24.8 Å². The Hall–Kier alpha value is -3.85. The van der Waals surface area contributed by atoms with Crippen molar-refractivity contribution in [2.45, 2.75) is 13.5 Å². The Morgan fingerprint density at radius 2 is 1.75 bits per heavy atom. The lowest BCUT2D eigenvalue weighted by atomic mass is 10.1. The van der Waals surface area contributed by atoms with E-state index in [0.717, 1.165) is 10.4 Å². The minimum atomic E-state index is -0.530. The van der Waals surface area contributed by atoms with Crippen LogP contribution in [0.5, 0.6) is 17.2 Å². The molecular formula is C23H23N3O5S. The summed E-state index contributed by atoms with van der Waals surface area (Å²) in [4.78, 5) is 29.6. The fourth-order valence-corrected chi connectivity index (χ4v) is 3.54. The molecule has 1 heterocycles. The highest BCUT2D eigenvalue weighted by Crippen LogP contribution is 2.38. The standard InChI is InChI=1S/C23H23N3O5S/c1-14(27)31-21-18(29-2)11-16(12-19(21)30-3)23(28)25-13-15-7-4-5-8-17(15)26-22(24)20-9-6-10-32-20/h4-12H,13H2,1-3H3,(H2,24,26)(H,25,28). The molecule has 8 nitrogen and oxygen atoms in total. The minimum absolute atomic E-state index is 0.114. The summed E-state index contributed by atoms with van der Waals surface area (Å²) < 4.78 is 15.7. The van der Waals surface area contributed by atoms with E-state index in [9.17, 15) is 9.59 Å². The second-order valence-corrected chi connectivity index (χ2v) is 7.54. The third-order valence-corrected chi connectivity index (χ3v) is 5.31. The molecule has 166 valence electrons. The van der Waals surface area contributed by atoms with Crippen molar-refractivity contribution in [2.75, 3.05) is 14.2 Å². The average Bonchev–Trinajstić information content (AvgIpc) is 3.33. The van der Waals surface area contributed by atoms with E-state index < -0.39 is 5.97 Å². The number of aliphatic imine (C=N–C) groups is 1. The molecule has 9 heteroatoms. The molecule has 0 atom stereocenters. The van der Waals surface area contributed by atoms with E-state index in [-0.39, 0.29) is 35.3 Å². The topological polar surface area (TPSA) is 112 Å². The van der Waals surface area contributed by atoms with Gasteiger partial charge in [-0.2, -0.15) is 0 Å². The maximum Gasteiger partial charge on any atom is 0.308 e. The van der Waals surface area contributed by atoms with Gasteiger partial charge in [0.2, 0.25) is 5.75 Å². The smallest absolute Gasteiger partial charge is 0.308 e. The normalized spacial score (nSPS) is 11.0. The first kappa shape index (κ1) is 22.8. The molecule has 1 amide bonds. The molecule has 32 heavy (non-hydrogen) atoms. The van der Waals surface area contributed by atoms with Crippen LogP contribution in [0.1, 0.15) is 27.7 Å². The average molecular weight is 454 g/mol. The van der Waals surface area contributed by atoms with E-state index in [1.54, 1.807) is 0 Å². The largest absolute Gasteiger partial charge is 0.493 e. The molecule has 2 aromatic carbocycles. The van der Waals surface area contributed by atoms with E-state index >= 15 is 0 Å². The molecule has 3 rings (SSSR count). The molecule has 0 saturated heterocycles. The first-order chi connectivity index (χ1) is 15.4. The summed E-state index contributed by atoms with van der Waals surface area (Å²) in [6.45, 7) is 1.50. The number of carbonyl (C=O) groups excluding carboxylic acids is 2. The van der Waals surface area contributed by atoms with E-state index in [2.05, 4.69) is 10.3 Å². The van der Waals surface area contributed by atoms with Gasteiger partial charge in [-0.15, -0.1) is 11.3 Å². The van der Waals surface area contributed by atoms with Crippen molar-refractivity contribution in [2.24, 2.45) is 10.7 Å². The number of carbonyl (C=O) groups is 2. The quantitative estimate of drug-likeness (QED) is 0.233. The van der Waals surface area contributed by atoms with Crippen LogP contribution in [0.3, 0.4) is 0 Å². The van der Waals surface area contributed by atoms with Gasteiger partial charge in [-0.3, -0.25) is 9.59 Å². The van der Waals surface area contributed by atoms with Gasteiger partial charge >= 0.3 is 5.97 Å². The maximum absolute atomic E-state index is 12.8. The second-order valence-electron chi connectivity index (χ2n) is 6.59. The summed E-state index contributed by atoms with van der Waals surface area (Å²) in [6, 6.07) is 14.2. The lowest BCUT2D eigenvalue weighted by molar-refractivity contribution is -0.132. The molecule has 0 spiro atoms. The Kier molecular flexibility index (Phi) is 7.45. The van der Waals surface area contributed by atoms with Crippen LogP contribution in [0, 0.1) is 0 Å². The maximum atomic E-state index is 12.8. The first-order valence-electron chi connectivity index (χ1n) is 9.61. The number of rotatable bonds is 8. The van der Waals surface area contributed by atoms with Crippen LogP contribution in [-0.2, 0) is 11.3 Å². The zero-order chi connectivity index (χ0) is 23.1. The highest BCUT2D eigenvalue weighted by molar-refractivity contribution is 7.12. The summed E-state index contributed by atoms with van der Waals surface area (Å²) in [5.41, 5.74) is 7.86. The molecule has 0 aliphatic rings. The summed E-state index contributed by atoms with van der Waals surface area (Å²) in [6.07, 6.45) is 0. The number of nitrogens with one attached hydrogen (secondary N) is 1. The first-order valence-corrected chi connectivity index (χ1v) is 10.5. The van der Waals surface area contributed by atoms with Crippen LogP contribution >= 0.6 is 11.3 Å². The van der Waals surface area contributed by atoms with Crippen molar-refractivity contribution in [3.8, 4) is 17.2 Å². The molecule has 0 saturated carbocycles. The number of nitrogens with zero attached hydrogens (tertiary/aromatic N) is 1. The van der Waals surface area contributed by atoms with Crippen LogP contribution in [0.4, 0.5) is 5.69 Å². The molecule has 1 aromatic heterocycles. The number of amidine groups is 1. The third kappa shape index (κ3) is 5.44. The highest BCUT2D eigenvalue weighted by atomic mass is 32.1. The van der Waals surface area contributed by atoms with Crippen molar-refractivity contribution in [1.29, 1.82) is 0 Å². The number of hydrogen-bond donors (Lipinski definition) is 2. The van der Waals surface area contributed by atoms with Gasteiger partial charge < -0.3 is 25.3 Å². The van der Waals surface area contributed by atoms with Crippen LogP contribution in [-0.4, -0.2) is 31.9 Å². The van der Waals surface area contributed by atoms with Crippen LogP contribution < -0.4 is 25.3 Å². The number of ether oxygens (including phenoxy) is 3. The lowest BCUT2D eigenvalue weighted by Crippen LogP contribution is -2.23. The number of amides is 1. The third-order valence-electron chi connectivity index (χ3n) is 4.41. The Morgan fingerprint density at radius 1 is 1.06 bits per heavy atom. The summed E-state index contributed by atoms with van der Waals surface area (Å²) in [5, 5.41) is 4.79. The van der Waals surface area contributed by atoms with Gasteiger partial charge in [0.1, 0.15) is 5.84 Å². The number of benzene rings is 2. The van der Waals surface area contributed by atoms with E-state index in [0.29, 0.717) is 11.5 Å². The van der Waals surface area contributed by atoms with Crippen molar-refractivity contribution in [3.05, 3.63) is 69.9 Å². The molecule has 0 radical (unpaired) electrons. The highest BCUT2D eigenvalue weighted by Gasteiger charge is 2.19. The summed E-state index contributed by atoms with van der Waals surface area (Å²) >= 11 is 1.50. The molecule has 0 aliphatic carbocycles. The Labute approximate surface area is 189 Å². The van der Waals surface area contributed by atoms with E-state index in [1.165, 1.54) is 44.6 Å². The van der Waals surface area contributed by atoms with Crippen molar-refractivity contribution >= 4 is 34.7 Å². The van der Waals surface area contributed by atoms with Gasteiger partial charge in [0.15, 0.2) is 11.5 Å². The van der Waals surface area contributed by atoms with Crippen LogP contribution in [0.15, 0.2) is 58.9 Å². The fourth-order valence-electron chi connectivity index (χ4n) is 2.91. The van der Waals surface area contributed by atoms with Gasteiger partial charge in [0, 0.05) is 19.0 Å². The Bertz CT molecular complexity index is 1120. The van der Waals surface area contributed by atoms with E-state index in [1.807, 2.05) is 41.8 Å². The Morgan fingerprint density at radius 3 is 2.34 bits per heavy atom. The van der Waals surface area contributed by atoms with E-state index in [4.69, 9.17) is 19.9 Å². The van der Waals surface area contributed by atoms with Gasteiger partial charge in [-0.25, -0.2) is 4.99 Å². The summed E-state index contributed by atoms with van der Waals surface area (Å²) in [7, 11) is 2.82. The van der Waals surface area contributed by atoms with Crippen molar-refractivity contribution in [1.82, 2.24) is 5.32 Å².